The molecule has 10 nitrogen and oxygen atoms in total. The Kier molecular flexibility index (Phi) is 7.87. The maximum atomic E-state index is 13.2. The number of nitrogens with one attached hydrogen (secondary N) is 3. The van der Waals surface area contributed by atoms with Crippen LogP contribution in [-0.2, 0) is 9.63 Å². The average Bonchev–Trinajstić information content (AvgIpc) is 2.84. The van der Waals surface area contributed by atoms with Gasteiger partial charge in [0.05, 0.1) is 22.7 Å². The lowest BCUT2D eigenvalue weighted by molar-refractivity contribution is -0.132. The van der Waals surface area contributed by atoms with Gasteiger partial charge in [0.1, 0.15) is 22.2 Å². The smallest absolute Gasteiger partial charge is 0.320 e. The van der Waals surface area contributed by atoms with Crippen LogP contribution in [0.2, 0.25) is 5.15 Å². The number of amidine groups is 1. The zero-order valence-corrected chi connectivity index (χ0v) is 20.4. The second kappa shape index (κ2) is 10.8. The summed E-state index contributed by atoms with van der Waals surface area (Å²) in [4.78, 5) is 36.8. The number of anilines is 1. The SMILES string of the molecule is CN=C(NOC=O)c1nc(Cl)ccc1NC(C)c1cc(C)cc2c(=O)c(C)c(/C(C=N)=C/N)oc12. The van der Waals surface area contributed by atoms with E-state index in [2.05, 4.69) is 25.6 Å². The van der Waals surface area contributed by atoms with Gasteiger partial charge < -0.3 is 25.7 Å². The van der Waals surface area contributed by atoms with Crippen molar-refractivity contribution in [3.8, 4) is 0 Å². The zero-order chi connectivity index (χ0) is 25.7. The first-order valence-electron chi connectivity index (χ1n) is 10.5. The van der Waals surface area contributed by atoms with E-state index in [1.54, 1.807) is 25.1 Å². The zero-order valence-electron chi connectivity index (χ0n) is 19.6. The summed E-state index contributed by atoms with van der Waals surface area (Å²) in [5.41, 5.74) is 11.3. The van der Waals surface area contributed by atoms with Gasteiger partial charge in [-0.3, -0.25) is 14.6 Å². The molecule has 1 unspecified atom stereocenters. The molecule has 182 valence electrons. The molecule has 0 aliphatic carbocycles. The van der Waals surface area contributed by atoms with Crippen LogP contribution in [0.15, 0.2) is 44.7 Å². The maximum Gasteiger partial charge on any atom is 0.320 e. The van der Waals surface area contributed by atoms with Crippen molar-refractivity contribution >= 4 is 52.4 Å². The monoisotopic (exact) mass is 496 g/mol. The van der Waals surface area contributed by atoms with E-state index in [-0.39, 0.29) is 34.7 Å². The molecule has 3 aromatic rings. The number of aryl methyl sites for hydroxylation is 1. The van der Waals surface area contributed by atoms with Crippen LogP contribution in [0.1, 0.15) is 41.1 Å². The van der Waals surface area contributed by atoms with Crippen LogP contribution in [-0.4, -0.2) is 30.6 Å². The van der Waals surface area contributed by atoms with Crippen LogP contribution >= 0.6 is 11.6 Å². The van der Waals surface area contributed by atoms with Gasteiger partial charge in [-0.05, 0) is 44.5 Å². The Morgan fingerprint density at radius 2 is 2.09 bits per heavy atom. The van der Waals surface area contributed by atoms with Crippen LogP contribution in [0, 0.1) is 19.3 Å². The van der Waals surface area contributed by atoms with E-state index in [1.165, 1.54) is 13.2 Å². The van der Waals surface area contributed by atoms with E-state index < -0.39 is 0 Å². The summed E-state index contributed by atoms with van der Waals surface area (Å²) in [6.07, 6.45) is 2.27. The third-order valence-electron chi connectivity index (χ3n) is 5.34. The van der Waals surface area contributed by atoms with Crippen molar-refractivity contribution < 1.29 is 14.0 Å². The summed E-state index contributed by atoms with van der Waals surface area (Å²) in [5, 5.41) is 11.6. The second-order valence-electron chi connectivity index (χ2n) is 7.67. The highest BCUT2D eigenvalue weighted by Crippen LogP contribution is 2.31. The lowest BCUT2D eigenvalue weighted by Crippen LogP contribution is -2.27. The predicted molar refractivity (Wildman–Crippen MR) is 137 cm³/mol. The molecule has 0 bridgehead atoms. The molecule has 0 radical (unpaired) electrons. The lowest BCUT2D eigenvalue weighted by atomic mass is 9.99. The number of aliphatic imine (C=N–C) groups is 1. The molecule has 0 aliphatic rings. The fourth-order valence-corrected chi connectivity index (χ4v) is 3.82. The van der Waals surface area contributed by atoms with E-state index >= 15 is 0 Å². The minimum atomic E-state index is -0.381. The molecule has 5 N–H and O–H groups in total. The van der Waals surface area contributed by atoms with Gasteiger partial charge in [0, 0.05) is 30.6 Å². The third-order valence-corrected chi connectivity index (χ3v) is 5.55. The molecule has 35 heavy (non-hydrogen) atoms. The number of pyridine rings is 1. The number of benzene rings is 1. The number of nitrogens with two attached hydrogens (primary N) is 1. The first-order valence-corrected chi connectivity index (χ1v) is 10.9. The van der Waals surface area contributed by atoms with Gasteiger partial charge in [0.25, 0.3) is 0 Å². The van der Waals surface area contributed by atoms with Crippen molar-refractivity contribution in [2.45, 2.75) is 26.8 Å². The van der Waals surface area contributed by atoms with Gasteiger partial charge in [-0.25, -0.2) is 4.98 Å². The van der Waals surface area contributed by atoms with Gasteiger partial charge in [-0.1, -0.05) is 17.7 Å². The van der Waals surface area contributed by atoms with E-state index in [1.807, 2.05) is 19.9 Å². The van der Waals surface area contributed by atoms with Gasteiger partial charge in [-0.15, -0.1) is 0 Å². The highest BCUT2D eigenvalue weighted by molar-refractivity contribution is 6.29. The van der Waals surface area contributed by atoms with Crippen molar-refractivity contribution in [1.29, 1.82) is 5.41 Å². The number of fused-ring (bicyclic) bond motifs is 1. The van der Waals surface area contributed by atoms with E-state index in [4.69, 9.17) is 27.2 Å². The molecule has 3 rings (SSSR count). The highest BCUT2D eigenvalue weighted by atomic mass is 35.5. The molecule has 0 spiro atoms. The number of aromatic nitrogens is 1. The van der Waals surface area contributed by atoms with Crippen LogP contribution in [0.3, 0.4) is 0 Å². The second-order valence-corrected chi connectivity index (χ2v) is 8.05. The Morgan fingerprint density at radius 1 is 1.34 bits per heavy atom. The van der Waals surface area contributed by atoms with E-state index in [9.17, 15) is 9.59 Å². The summed E-state index contributed by atoms with van der Waals surface area (Å²) in [6, 6.07) is 6.61. The number of rotatable bonds is 8. The molecule has 2 aromatic heterocycles. The molecule has 0 amide bonds. The topological polar surface area (TPSA) is 156 Å². The van der Waals surface area contributed by atoms with Gasteiger partial charge in [0.2, 0.25) is 0 Å². The average molecular weight is 497 g/mol. The van der Waals surface area contributed by atoms with Gasteiger partial charge in [0.15, 0.2) is 11.3 Å². The van der Waals surface area contributed by atoms with Crippen LogP contribution in [0.4, 0.5) is 5.69 Å². The molecule has 1 aromatic carbocycles. The Labute approximate surface area is 206 Å². The molecule has 0 fully saturated rings. The molecular weight excluding hydrogens is 472 g/mol. The first-order chi connectivity index (χ1) is 16.7. The fourth-order valence-electron chi connectivity index (χ4n) is 3.68. The summed E-state index contributed by atoms with van der Waals surface area (Å²) in [5.74, 6) is 0.415. The molecule has 2 heterocycles. The number of carbonyl (C=O) groups is 1. The number of hydrogen-bond acceptors (Lipinski definition) is 9. The third kappa shape index (κ3) is 5.17. The minimum absolute atomic E-state index is 0.177. The van der Waals surface area contributed by atoms with Crippen molar-refractivity contribution in [2.75, 3.05) is 12.4 Å². The number of nitrogens with zero attached hydrogens (tertiary/aromatic N) is 2. The minimum Gasteiger partial charge on any atom is -0.455 e. The molecule has 0 saturated carbocycles. The maximum absolute atomic E-state index is 13.2. The fraction of sp³-hybridized carbons (Fsp3) is 0.208. The summed E-state index contributed by atoms with van der Waals surface area (Å²) in [7, 11) is 1.50. The molecule has 0 aliphatic heterocycles. The Bertz CT molecular complexity index is 1410. The largest absolute Gasteiger partial charge is 0.455 e. The van der Waals surface area contributed by atoms with Crippen LogP contribution in [0.5, 0.6) is 0 Å². The predicted octanol–water partition coefficient (Wildman–Crippen LogP) is 3.63. The molecule has 0 saturated heterocycles. The van der Waals surface area contributed by atoms with Crippen molar-refractivity contribution in [1.82, 2.24) is 10.5 Å². The first kappa shape index (κ1) is 25.4. The summed E-state index contributed by atoms with van der Waals surface area (Å²) >= 11 is 6.10. The van der Waals surface area contributed by atoms with E-state index in [0.29, 0.717) is 39.1 Å². The highest BCUT2D eigenvalue weighted by Gasteiger charge is 2.21. The molecular formula is C24H25ClN6O4. The van der Waals surface area contributed by atoms with Crippen LogP contribution < -0.4 is 22.0 Å². The number of hydroxylamine groups is 1. The normalized spacial score (nSPS) is 12.8. The number of halogens is 1. The van der Waals surface area contributed by atoms with Crippen LogP contribution in [0.25, 0.3) is 16.5 Å². The van der Waals surface area contributed by atoms with Crippen molar-refractivity contribution in [3.63, 3.8) is 0 Å². The Morgan fingerprint density at radius 3 is 2.71 bits per heavy atom. The number of allylic oxidation sites excluding steroid dienone is 1. The van der Waals surface area contributed by atoms with Crippen molar-refractivity contribution in [3.05, 3.63) is 74.0 Å². The standard InChI is InChI=1S/C24H25ClN6O4/c1-12-7-16(23-17(8-12)21(33)13(2)22(35-23)15(9-26)10-27)14(3)29-18-5-6-19(25)30-20(18)24(28-4)31-34-11-32/h5-11,14,26,29H,27H2,1-4H3,(H,28,31)/b15-10+,26-9?. The lowest BCUT2D eigenvalue weighted by Gasteiger charge is -2.20. The number of carbonyl (C=O) groups excluding carboxylic acids is 1. The van der Waals surface area contributed by atoms with Crippen molar-refractivity contribution in [2.24, 2.45) is 10.7 Å². The molecule has 1 atom stereocenters. The summed E-state index contributed by atoms with van der Waals surface area (Å²) < 4.78 is 6.16. The molecule has 11 heteroatoms. The van der Waals surface area contributed by atoms with Gasteiger partial charge >= 0.3 is 6.47 Å². The Hall–Kier alpha value is -4.18. The van der Waals surface area contributed by atoms with Gasteiger partial charge in [-0.2, -0.15) is 5.48 Å². The quantitative estimate of drug-likeness (QED) is 0.121. The van der Waals surface area contributed by atoms with E-state index in [0.717, 1.165) is 11.8 Å². The Balaban J connectivity index is 2.17. The summed E-state index contributed by atoms with van der Waals surface area (Å²) in [6.45, 7) is 5.65. The number of hydrogen-bond donors (Lipinski definition) is 4.